The Balaban J connectivity index is 1.52. The number of carbonyl (C=O) groups excluding carboxylic acids is 2. The topological polar surface area (TPSA) is 101 Å². The lowest BCUT2D eigenvalue weighted by molar-refractivity contribution is -0.117. The Bertz CT molecular complexity index is 1230. The first-order valence-electron chi connectivity index (χ1n) is 11.4. The molecule has 35 heavy (non-hydrogen) atoms. The van der Waals surface area contributed by atoms with E-state index >= 15 is 4.39 Å². The van der Waals surface area contributed by atoms with Crippen molar-refractivity contribution in [1.82, 2.24) is 9.97 Å². The van der Waals surface area contributed by atoms with E-state index in [1.165, 1.54) is 6.33 Å². The highest BCUT2D eigenvalue weighted by molar-refractivity contribution is 7.18. The molecule has 0 saturated carbocycles. The minimum atomic E-state index is -0.597. The van der Waals surface area contributed by atoms with Crippen molar-refractivity contribution < 1.29 is 14.0 Å². The van der Waals surface area contributed by atoms with Gasteiger partial charge in [-0.05, 0) is 22.3 Å². The number of primary amides is 1. The number of hydrogen-bond acceptors (Lipinski definition) is 6. The van der Waals surface area contributed by atoms with Crippen molar-refractivity contribution in [2.75, 3.05) is 16.8 Å². The van der Waals surface area contributed by atoms with Gasteiger partial charge in [0.2, 0.25) is 11.7 Å². The second-order valence-corrected chi connectivity index (χ2v) is 10.8. The molecule has 2 unspecified atom stereocenters. The number of anilines is 2. The van der Waals surface area contributed by atoms with Gasteiger partial charge in [0.25, 0.3) is 0 Å². The highest BCUT2D eigenvalue weighted by atomic mass is 31.0. The summed E-state index contributed by atoms with van der Waals surface area (Å²) in [6, 6.07) is 15.1. The third-order valence-electron chi connectivity index (χ3n) is 6.09. The molecule has 0 aliphatic carbocycles. The Morgan fingerprint density at radius 2 is 1.80 bits per heavy atom. The Labute approximate surface area is 206 Å². The number of carbonyl (C=O) groups is 2. The van der Waals surface area contributed by atoms with Gasteiger partial charge < -0.3 is 16.0 Å². The lowest BCUT2D eigenvalue weighted by atomic mass is 9.97. The maximum absolute atomic E-state index is 15.5. The Kier molecular flexibility index (Phi) is 7.13. The molecular formula is C26H29FN5O2P. The van der Waals surface area contributed by atoms with Crippen LogP contribution in [-0.4, -0.2) is 28.2 Å². The molecule has 2 aromatic carbocycles. The zero-order chi connectivity index (χ0) is 25.2. The fourth-order valence-corrected chi connectivity index (χ4v) is 4.38. The molecule has 2 atom stereocenters. The largest absolute Gasteiger partial charge is 0.369 e. The van der Waals surface area contributed by atoms with Crippen LogP contribution < -0.4 is 16.0 Å². The van der Waals surface area contributed by atoms with Crippen molar-refractivity contribution in [2.45, 2.75) is 44.4 Å². The molecular weight excluding hydrogens is 464 g/mol. The van der Waals surface area contributed by atoms with E-state index in [0.717, 1.165) is 22.3 Å². The van der Waals surface area contributed by atoms with Gasteiger partial charge in [-0.3, -0.25) is 9.59 Å². The summed E-state index contributed by atoms with van der Waals surface area (Å²) < 4.78 is 15.5. The van der Waals surface area contributed by atoms with Gasteiger partial charge in [0.15, 0.2) is 17.4 Å². The van der Waals surface area contributed by atoms with Crippen LogP contribution in [0, 0.1) is 5.82 Å². The maximum Gasteiger partial charge on any atom is 0.221 e. The molecule has 1 saturated heterocycles. The first-order chi connectivity index (χ1) is 16.6. The second-order valence-electron chi connectivity index (χ2n) is 9.40. The lowest BCUT2D eigenvalue weighted by Gasteiger charge is -2.27. The summed E-state index contributed by atoms with van der Waals surface area (Å²) >= 11 is 0. The monoisotopic (exact) mass is 493 g/mol. The average molecular weight is 494 g/mol. The third kappa shape index (κ3) is 5.82. The smallest absolute Gasteiger partial charge is 0.221 e. The highest BCUT2D eigenvalue weighted by Crippen LogP contribution is 2.37. The highest BCUT2D eigenvalue weighted by Gasteiger charge is 2.35. The van der Waals surface area contributed by atoms with E-state index in [1.807, 2.05) is 48.5 Å². The lowest BCUT2D eigenvalue weighted by Crippen LogP contribution is -2.26. The van der Waals surface area contributed by atoms with E-state index in [0.29, 0.717) is 13.0 Å². The van der Waals surface area contributed by atoms with Crippen LogP contribution in [0.4, 0.5) is 16.0 Å². The van der Waals surface area contributed by atoms with Gasteiger partial charge in [-0.1, -0.05) is 62.4 Å². The van der Waals surface area contributed by atoms with Gasteiger partial charge in [-0.2, -0.15) is 4.39 Å². The molecule has 182 valence electrons. The normalized spacial score (nSPS) is 15.9. The Morgan fingerprint density at radius 3 is 2.43 bits per heavy atom. The van der Waals surface area contributed by atoms with E-state index < -0.39 is 11.7 Å². The first kappa shape index (κ1) is 24.7. The number of halogens is 1. The van der Waals surface area contributed by atoms with Crippen LogP contribution in [0.1, 0.15) is 48.6 Å². The summed E-state index contributed by atoms with van der Waals surface area (Å²) in [7, 11) is 2.82. The number of Topliss-reactive ketones (excluding diaryl/α,β-unsaturated/α-hetero) is 1. The summed E-state index contributed by atoms with van der Waals surface area (Å²) in [5.74, 6) is -0.788. The van der Waals surface area contributed by atoms with E-state index in [1.54, 1.807) is 4.90 Å². The molecule has 2 heterocycles. The molecule has 1 aliphatic rings. The number of ketones is 1. The number of rotatable bonds is 8. The quantitative estimate of drug-likeness (QED) is 0.462. The number of nitrogens with one attached hydrogen (secondary N) is 1. The summed E-state index contributed by atoms with van der Waals surface area (Å²) in [5, 5.41) is 2.95. The van der Waals surface area contributed by atoms with Crippen LogP contribution in [0.3, 0.4) is 0 Å². The Hall–Kier alpha value is -3.38. The number of nitrogens with zero attached hydrogens (tertiary/aromatic N) is 3. The molecule has 4 rings (SSSR count). The van der Waals surface area contributed by atoms with Crippen molar-refractivity contribution in [3.8, 4) is 0 Å². The number of hydrogen-bond donors (Lipinski definition) is 2. The van der Waals surface area contributed by atoms with Crippen molar-refractivity contribution in [2.24, 2.45) is 5.73 Å². The van der Waals surface area contributed by atoms with E-state index in [4.69, 9.17) is 5.73 Å². The molecule has 1 amide bonds. The molecule has 3 aromatic rings. The maximum atomic E-state index is 15.5. The van der Waals surface area contributed by atoms with Crippen LogP contribution in [0.5, 0.6) is 0 Å². The van der Waals surface area contributed by atoms with Crippen LogP contribution in [0.25, 0.3) is 0 Å². The standard InChI is InChI=1S/C26H29FN5O2P/c1-26(2,35)19-9-7-18(8-10-19)21-12-20(33)14-32(21)25-23(27)24(30-15-31-25)29-13-17-5-3-16(4-6-17)11-22(28)34/h3-10,15,21H,11-14,35H2,1-2H3,(H2,28,34)(H,29,30,31). The van der Waals surface area contributed by atoms with Gasteiger partial charge in [0, 0.05) is 18.1 Å². The van der Waals surface area contributed by atoms with E-state index in [9.17, 15) is 9.59 Å². The SMILES string of the molecule is CC(C)(P)c1ccc(C2CC(=O)CN2c2ncnc(NCc3ccc(CC(N)=O)cc3)c2F)cc1. The molecule has 0 radical (unpaired) electrons. The zero-order valence-electron chi connectivity index (χ0n) is 19.8. The summed E-state index contributed by atoms with van der Waals surface area (Å²) in [4.78, 5) is 33.4. The number of aromatic nitrogens is 2. The van der Waals surface area contributed by atoms with Gasteiger partial charge in [-0.15, -0.1) is 9.24 Å². The molecule has 9 heteroatoms. The Morgan fingerprint density at radius 1 is 1.14 bits per heavy atom. The van der Waals surface area contributed by atoms with Crippen molar-refractivity contribution in [3.05, 3.63) is 82.9 Å². The number of benzene rings is 2. The number of amides is 1. The molecule has 0 bridgehead atoms. The molecule has 1 aliphatic heterocycles. The van der Waals surface area contributed by atoms with Crippen LogP contribution in [0.2, 0.25) is 0 Å². The second kappa shape index (κ2) is 10.1. The summed E-state index contributed by atoms with van der Waals surface area (Å²) in [5.41, 5.74) is 9.03. The molecule has 7 nitrogen and oxygen atoms in total. The fraction of sp³-hybridized carbons (Fsp3) is 0.308. The van der Waals surface area contributed by atoms with E-state index in [-0.39, 0.29) is 41.6 Å². The molecule has 1 aromatic heterocycles. The van der Waals surface area contributed by atoms with Crippen molar-refractivity contribution in [3.63, 3.8) is 0 Å². The van der Waals surface area contributed by atoms with Gasteiger partial charge in [0.05, 0.1) is 19.0 Å². The first-order valence-corrected chi connectivity index (χ1v) is 12.0. The van der Waals surface area contributed by atoms with E-state index in [2.05, 4.69) is 38.4 Å². The van der Waals surface area contributed by atoms with Crippen molar-refractivity contribution >= 4 is 32.6 Å². The molecule has 3 N–H and O–H groups in total. The summed E-state index contributed by atoms with van der Waals surface area (Å²) in [6.07, 6.45) is 1.77. The van der Waals surface area contributed by atoms with Crippen LogP contribution in [0.15, 0.2) is 54.9 Å². The minimum absolute atomic E-state index is 0.0361. The van der Waals surface area contributed by atoms with Gasteiger partial charge in [-0.25, -0.2) is 9.97 Å². The summed E-state index contributed by atoms with van der Waals surface area (Å²) in [6.45, 7) is 4.64. The van der Waals surface area contributed by atoms with Gasteiger partial charge >= 0.3 is 0 Å². The zero-order valence-corrected chi connectivity index (χ0v) is 20.9. The number of nitrogens with two attached hydrogens (primary N) is 1. The average Bonchev–Trinajstić information content (AvgIpc) is 3.20. The van der Waals surface area contributed by atoms with Crippen LogP contribution >= 0.6 is 9.24 Å². The molecule has 0 spiro atoms. The van der Waals surface area contributed by atoms with Crippen molar-refractivity contribution in [1.29, 1.82) is 0 Å². The third-order valence-corrected chi connectivity index (χ3v) is 6.42. The van der Waals surface area contributed by atoms with Gasteiger partial charge in [0.1, 0.15) is 6.33 Å². The predicted octanol–water partition coefficient (Wildman–Crippen LogP) is 3.89. The predicted molar refractivity (Wildman–Crippen MR) is 138 cm³/mol. The minimum Gasteiger partial charge on any atom is -0.369 e. The molecule has 1 fully saturated rings. The fourth-order valence-electron chi connectivity index (χ4n) is 4.19. The van der Waals surface area contributed by atoms with Crippen LogP contribution in [-0.2, 0) is 27.7 Å².